The van der Waals surface area contributed by atoms with E-state index in [0.29, 0.717) is 12.6 Å². The number of fused-ring (bicyclic) bond motifs is 1. The molecule has 2 unspecified atom stereocenters. The number of nitrogens with zero attached hydrogens (tertiary/aromatic N) is 3. The van der Waals surface area contributed by atoms with Crippen molar-refractivity contribution in [3.05, 3.63) is 17.7 Å². The van der Waals surface area contributed by atoms with Gasteiger partial charge >= 0.3 is 0 Å². The number of aromatic nitrogens is 1. The van der Waals surface area contributed by atoms with E-state index >= 15 is 0 Å². The minimum absolute atomic E-state index is 0.134. The summed E-state index contributed by atoms with van der Waals surface area (Å²) >= 11 is 0. The van der Waals surface area contributed by atoms with Crippen LogP contribution in [0.5, 0.6) is 0 Å². The summed E-state index contributed by atoms with van der Waals surface area (Å²) in [7, 11) is 0. The van der Waals surface area contributed by atoms with Gasteiger partial charge in [-0.2, -0.15) is 0 Å². The van der Waals surface area contributed by atoms with Crippen molar-refractivity contribution in [2.45, 2.75) is 38.8 Å². The third-order valence-electron chi connectivity index (χ3n) is 4.46. The molecule has 1 aromatic heterocycles. The fourth-order valence-electron chi connectivity index (χ4n) is 3.43. The van der Waals surface area contributed by atoms with Crippen molar-refractivity contribution in [2.24, 2.45) is 0 Å². The van der Waals surface area contributed by atoms with Gasteiger partial charge in [0.05, 0.1) is 0 Å². The number of piperazine rings is 1. The Labute approximate surface area is 124 Å². The van der Waals surface area contributed by atoms with E-state index < -0.39 is 11.6 Å². The smallest absolute Gasteiger partial charge is 0.168 e. The zero-order valence-electron chi connectivity index (χ0n) is 12.6. The van der Waals surface area contributed by atoms with Crippen LogP contribution in [0.25, 0.3) is 0 Å². The molecule has 2 saturated heterocycles. The van der Waals surface area contributed by atoms with Crippen molar-refractivity contribution in [1.29, 1.82) is 0 Å². The van der Waals surface area contributed by atoms with E-state index in [2.05, 4.69) is 22.1 Å². The highest BCUT2D eigenvalue weighted by Crippen LogP contribution is 2.30. The normalized spacial score (nSPS) is 26.0. The van der Waals surface area contributed by atoms with E-state index in [1.807, 2.05) is 11.8 Å². The Morgan fingerprint density at radius 2 is 2.14 bits per heavy atom. The van der Waals surface area contributed by atoms with Crippen LogP contribution in [0.2, 0.25) is 0 Å². The number of pyridine rings is 1. The zero-order chi connectivity index (χ0) is 15.0. The standard InChI is InChI=1S/C15H22F2N4/c1-3-18-14-12(16)7-13(17)15(19-14)21-9-11-5-4-6-20(11)8-10(21)2/h7,10-11H,3-6,8-9H2,1-2H3,(H,18,19). The van der Waals surface area contributed by atoms with Gasteiger partial charge in [0.25, 0.3) is 0 Å². The van der Waals surface area contributed by atoms with Gasteiger partial charge in [0.1, 0.15) is 0 Å². The summed E-state index contributed by atoms with van der Waals surface area (Å²) in [5, 5.41) is 2.85. The van der Waals surface area contributed by atoms with Crippen molar-refractivity contribution in [3.63, 3.8) is 0 Å². The second kappa shape index (κ2) is 5.75. The van der Waals surface area contributed by atoms with Crippen LogP contribution >= 0.6 is 0 Å². The number of nitrogens with one attached hydrogen (secondary N) is 1. The topological polar surface area (TPSA) is 31.4 Å². The third-order valence-corrected chi connectivity index (χ3v) is 4.46. The number of halogens is 2. The highest BCUT2D eigenvalue weighted by molar-refractivity contribution is 5.50. The van der Waals surface area contributed by atoms with Crippen LogP contribution in [0.15, 0.2) is 6.07 Å². The molecule has 1 N–H and O–H groups in total. The molecule has 0 amide bonds. The lowest BCUT2D eigenvalue weighted by molar-refractivity contribution is 0.201. The van der Waals surface area contributed by atoms with Crippen molar-refractivity contribution in [2.75, 3.05) is 36.4 Å². The zero-order valence-corrected chi connectivity index (χ0v) is 12.6. The van der Waals surface area contributed by atoms with Gasteiger partial charge in [-0.25, -0.2) is 13.8 Å². The molecule has 2 aliphatic rings. The molecule has 0 radical (unpaired) electrons. The predicted octanol–water partition coefficient (Wildman–Crippen LogP) is 2.46. The molecule has 2 aliphatic heterocycles. The van der Waals surface area contributed by atoms with E-state index in [0.717, 1.165) is 32.1 Å². The summed E-state index contributed by atoms with van der Waals surface area (Å²) in [6.45, 7) is 7.31. The Bertz CT molecular complexity index is 523. The molecule has 4 nitrogen and oxygen atoms in total. The summed E-state index contributed by atoms with van der Waals surface area (Å²) in [5.41, 5.74) is 0. The van der Waals surface area contributed by atoms with E-state index in [4.69, 9.17) is 0 Å². The van der Waals surface area contributed by atoms with Gasteiger partial charge < -0.3 is 10.2 Å². The molecule has 2 atom stereocenters. The van der Waals surface area contributed by atoms with Crippen LogP contribution < -0.4 is 10.2 Å². The molecule has 3 rings (SSSR count). The average molecular weight is 296 g/mol. The van der Waals surface area contributed by atoms with Crippen molar-refractivity contribution >= 4 is 11.6 Å². The lowest BCUT2D eigenvalue weighted by atomic mass is 10.1. The molecule has 1 aromatic rings. The van der Waals surface area contributed by atoms with Crippen LogP contribution in [0.1, 0.15) is 26.7 Å². The van der Waals surface area contributed by atoms with Crippen LogP contribution in [0, 0.1) is 11.6 Å². The van der Waals surface area contributed by atoms with E-state index in [-0.39, 0.29) is 17.7 Å². The molecule has 0 aromatic carbocycles. The Kier molecular flexibility index (Phi) is 3.97. The van der Waals surface area contributed by atoms with Crippen molar-refractivity contribution in [3.8, 4) is 0 Å². The summed E-state index contributed by atoms with van der Waals surface area (Å²) in [4.78, 5) is 8.65. The molecule has 0 spiro atoms. The predicted molar refractivity (Wildman–Crippen MR) is 79.7 cm³/mol. The summed E-state index contributed by atoms with van der Waals surface area (Å²) in [6, 6.07) is 1.59. The Balaban J connectivity index is 1.89. The molecule has 21 heavy (non-hydrogen) atoms. The largest absolute Gasteiger partial charge is 0.368 e. The lowest BCUT2D eigenvalue weighted by Gasteiger charge is -2.43. The minimum Gasteiger partial charge on any atom is -0.368 e. The van der Waals surface area contributed by atoms with Gasteiger partial charge in [-0.05, 0) is 33.2 Å². The molecule has 116 valence electrons. The first kappa shape index (κ1) is 14.5. The number of anilines is 2. The van der Waals surface area contributed by atoms with E-state index in [1.165, 1.54) is 6.42 Å². The van der Waals surface area contributed by atoms with Crippen LogP contribution in [-0.2, 0) is 0 Å². The number of hydrogen-bond donors (Lipinski definition) is 1. The maximum Gasteiger partial charge on any atom is 0.168 e. The fraction of sp³-hybridized carbons (Fsp3) is 0.667. The van der Waals surface area contributed by atoms with Gasteiger partial charge in [0, 0.05) is 37.8 Å². The number of rotatable bonds is 3. The molecule has 0 saturated carbocycles. The minimum atomic E-state index is -0.634. The highest BCUT2D eigenvalue weighted by atomic mass is 19.1. The second-order valence-electron chi connectivity index (χ2n) is 5.95. The Morgan fingerprint density at radius 1 is 1.33 bits per heavy atom. The second-order valence-corrected chi connectivity index (χ2v) is 5.95. The molecule has 6 heteroatoms. The van der Waals surface area contributed by atoms with Crippen molar-refractivity contribution < 1.29 is 8.78 Å². The van der Waals surface area contributed by atoms with Crippen LogP contribution in [0.4, 0.5) is 20.4 Å². The lowest BCUT2D eigenvalue weighted by Crippen LogP contribution is -2.55. The summed E-state index contributed by atoms with van der Waals surface area (Å²) < 4.78 is 27.9. The van der Waals surface area contributed by atoms with Gasteiger partial charge in [0.2, 0.25) is 0 Å². The van der Waals surface area contributed by atoms with Gasteiger partial charge in [-0.3, -0.25) is 4.90 Å². The van der Waals surface area contributed by atoms with Crippen LogP contribution in [0.3, 0.4) is 0 Å². The molecule has 2 fully saturated rings. The SMILES string of the molecule is CCNc1nc(N2CC3CCCN3CC2C)c(F)cc1F. The van der Waals surface area contributed by atoms with E-state index in [9.17, 15) is 8.78 Å². The fourth-order valence-corrected chi connectivity index (χ4v) is 3.43. The summed E-state index contributed by atoms with van der Waals surface area (Å²) in [6.07, 6.45) is 2.35. The highest BCUT2D eigenvalue weighted by Gasteiger charge is 2.36. The van der Waals surface area contributed by atoms with Gasteiger partial charge in [0.15, 0.2) is 23.3 Å². The first-order valence-corrected chi connectivity index (χ1v) is 7.70. The maximum absolute atomic E-state index is 14.2. The van der Waals surface area contributed by atoms with Gasteiger partial charge in [-0.15, -0.1) is 0 Å². The van der Waals surface area contributed by atoms with E-state index in [1.54, 1.807) is 0 Å². The maximum atomic E-state index is 14.2. The third kappa shape index (κ3) is 2.69. The quantitative estimate of drug-likeness (QED) is 0.928. The molecule has 3 heterocycles. The molecule has 0 aliphatic carbocycles. The molecular weight excluding hydrogens is 274 g/mol. The summed E-state index contributed by atoms with van der Waals surface area (Å²) in [5.74, 6) is -0.806. The first-order valence-electron chi connectivity index (χ1n) is 7.70. The average Bonchev–Trinajstić information content (AvgIpc) is 2.88. The monoisotopic (exact) mass is 296 g/mol. The Hall–Kier alpha value is -1.43. The number of hydrogen-bond acceptors (Lipinski definition) is 4. The Morgan fingerprint density at radius 3 is 2.90 bits per heavy atom. The van der Waals surface area contributed by atoms with Crippen molar-refractivity contribution in [1.82, 2.24) is 9.88 Å². The van der Waals surface area contributed by atoms with Crippen LogP contribution in [-0.4, -0.2) is 48.1 Å². The molecule has 0 bridgehead atoms. The van der Waals surface area contributed by atoms with Gasteiger partial charge in [-0.1, -0.05) is 0 Å². The first-order chi connectivity index (χ1) is 10.1. The molecular formula is C15H22F2N4.